The Kier molecular flexibility index (Phi) is 9.41. The third kappa shape index (κ3) is 7.47. The summed E-state index contributed by atoms with van der Waals surface area (Å²) in [6.45, 7) is 2.94. The lowest BCUT2D eigenvalue weighted by Gasteiger charge is -2.33. The number of sulfonamides is 1. The summed E-state index contributed by atoms with van der Waals surface area (Å²) in [5, 5.41) is 15.2. The van der Waals surface area contributed by atoms with Gasteiger partial charge in [-0.25, -0.2) is 23.4 Å². The highest BCUT2D eigenvalue weighted by atomic mass is 32.2. The molecular weight excluding hydrogens is 520 g/mol. The van der Waals surface area contributed by atoms with Gasteiger partial charge in [0.2, 0.25) is 16.0 Å². The molecule has 2 aromatic heterocycles. The molecule has 3 aromatic rings. The van der Waals surface area contributed by atoms with Crippen molar-refractivity contribution in [1.82, 2.24) is 29.5 Å². The Morgan fingerprint density at radius 2 is 1.90 bits per heavy atom. The van der Waals surface area contributed by atoms with Crippen LogP contribution in [-0.2, 0) is 14.8 Å². The van der Waals surface area contributed by atoms with Crippen LogP contribution in [0.15, 0.2) is 59.8 Å². The molecule has 1 fully saturated rings. The molecule has 13 heteroatoms. The van der Waals surface area contributed by atoms with E-state index in [1.54, 1.807) is 47.6 Å². The van der Waals surface area contributed by atoms with Crippen LogP contribution in [0.2, 0.25) is 0 Å². The maximum Gasteiger partial charge on any atom is 0.317 e. The Hall–Kier alpha value is -3.65. The van der Waals surface area contributed by atoms with Crippen molar-refractivity contribution in [2.75, 3.05) is 70.1 Å². The van der Waals surface area contributed by atoms with E-state index in [1.165, 1.54) is 4.31 Å². The number of nitrogens with zero attached hydrogens (tertiary/aromatic N) is 6. The van der Waals surface area contributed by atoms with Gasteiger partial charge in [0, 0.05) is 63.4 Å². The second-order valence-corrected chi connectivity index (χ2v) is 11.2. The average molecular weight is 555 g/mol. The number of hydrogen-bond acceptors (Lipinski definition) is 10. The topological polar surface area (TPSA) is 144 Å². The lowest BCUT2D eigenvalue weighted by atomic mass is 10.2. The molecule has 3 N–H and O–H groups in total. The fourth-order valence-electron chi connectivity index (χ4n) is 4.28. The zero-order chi connectivity index (χ0) is 27.8. The molecule has 1 aliphatic rings. The van der Waals surface area contributed by atoms with Crippen LogP contribution >= 0.6 is 0 Å². The van der Waals surface area contributed by atoms with Crippen molar-refractivity contribution >= 4 is 33.4 Å². The number of carbonyl (C=O) groups is 1. The van der Waals surface area contributed by atoms with Crippen LogP contribution in [0.4, 0.5) is 17.5 Å². The second kappa shape index (κ2) is 12.9. The zero-order valence-corrected chi connectivity index (χ0v) is 22.9. The Labute approximate surface area is 228 Å². The van der Waals surface area contributed by atoms with Gasteiger partial charge >= 0.3 is 5.97 Å². The number of benzene rings is 1. The normalized spacial score (nSPS) is 14.7. The highest BCUT2D eigenvalue weighted by molar-refractivity contribution is 7.89. The highest BCUT2D eigenvalue weighted by Gasteiger charge is 2.29. The molecule has 0 spiro atoms. The van der Waals surface area contributed by atoms with Crippen molar-refractivity contribution in [2.24, 2.45) is 0 Å². The molecule has 1 saturated heterocycles. The van der Waals surface area contributed by atoms with E-state index >= 15 is 0 Å². The third-order valence-corrected chi connectivity index (χ3v) is 8.32. The summed E-state index contributed by atoms with van der Waals surface area (Å²) in [4.78, 5) is 28.4. The van der Waals surface area contributed by atoms with Gasteiger partial charge in [-0.15, -0.1) is 0 Å². The Morgan fingerprint density at radius 1 is 1.10 bits per heavy atom. The standard InChI is InChI=1S/C26H34N8O4S/c1-27-10-4-12-32(2)24-8-7-20(18-29-24)23-9-11-28-26(31-23)30-21-5-3-6-22(17-21)39(37,38)34-15-13-33(14-16-34)19-25(35)36/h3,5-9,11,17-18,27H,4,10,12-16,19H2,1-2H3,(H,35,36)(H,28,30,31). The molecular formula is C26H34N8O4S. The summed E-state index contributed by atoms with van der Waals surface area (Å²) >= 11 is 0. The van der Waals surface area contributed by atoms with E-state index in [0.717, 1.165) is 30.9 Å². The second-order valence-electron chi connectivity index (χ2n) is 9.28. The van der Waals surface area contributed by atoms with Crippen molar-refractivity contribution in [1.29, 1.82) is 0 Å². The summed E-state index contributed by atoms with van der Waals surface area (Å²) in [6, 6.07) is 12.2. The third-order valence-electron chi connectivity index (χ3n) is 6.43. The summed E-state index contributed by atoms with van der Waals surface area (Å²) in [5.74, 6) is 0.286. The molecule has 0 unspecified atom stereocenters. The van der Waals surface area contributed by atoms with Gasteiger partial charge < -0.3 is 20.6 Å². The molecule has 0 bridgehead atoms. The van der Waals surface area contributed by atoms with Crippen LogP contribution in [0.1, 0.15) is 6.42 Å². The van der Waals surface area contributed by atoms with Gasteiger partial charge in [0.1, 0.15) is 5.82 Å². The molecule has 0 saturated carbocycles. The van der Waals surface area contributed by atoms with Gasteiger partial charge in [-0.2, -0.15) is 4.31 Å². The molecule has 1 aromatic carbocycles. The lowest BCUT2D eigenvalue weighted by molar-refractivity contribution is -0.138. The molecule has 4 rings (SSSR count). The molecule has 39 heavy (non-hydrogen) atoms. The van der Waals surface area contributed by atoms with Gasteiger partial charge in [0.05, 0.1) is 17.1 Å². The van der Waals surface area contributed by atoms with E-state index < -0.39 is 16.0 Å². The van der Waals surface area contributed by atoms with E-state index in [-0.39, 0.29) is 24.5 Å². The number of hydrogen-bond donors (Lipinski definition) is 3. The molecule has 0 atom stereocenters. The Morgan fingerprint density at radius 3 is 2.59 bits per heavy atom. The average Bonchev–Trinajstić information content (AvgIpc) is 2.93. The van der Waals surface area contributed by atoms with Crippen LogP contribution < -0.4 is 15.5 Å². The van der Waals surface area contributed by atoms with E-state index in [9.17, 15) is 13.2 Å². The first-order valence-corrected chi connectivity index (χ1v) is 14.2. The van der Waals surface area contributed by atoms with Gasteiger partial charge in [-0.1, -0.05) is 6.07 Å². The first kappa shape index (κ1) is 28.4. The number of nitrogens with one attached hydrogen (secondary N) is 2. The fourth-order valence-corrected chi connectivity index (χ4v) is 5.75. The Bertz CT molecular complexity index is 1360. The smallest absolute Gasteiger partial charge is 0.317 e. The summed E-state index contributed by atoms with van der Waals surface area (Å²) in [6.07, 6.45) is 4.43. The van der Waals surface area contributed by atoms with E-state index in [0.29, 0.717) is 30.4 Å². The predicted octanol–water partition coefficient (Wildman–Crippen LogP) is 1.72. The first-order chi connectivity index (χ1) is 18.8. The maximum atomic E-state index is 13.2. The SMILES string of the molecule is CNCCCN(C)c1ccc(-c2ccnc(Nc3cccc(S(=O)(=O)N4CCN(CC(=O)O)CC4)c3)n2)cn1. The van der Waals surface area contributed by atoms with Crippen molar-refractivity contribution in [2.45, 2.75) is 11.3 Å². The quantitative estimate of drug-likeness (QED) is 0.282. The largest absolute Gasteiger partial charge is 0.480 e. The molecule has 12 nitrogen and oxygen atoms in total. The molecule has 0 amide bonds. The molecule has 208 valence electrons. The number of carboxylic acids is 1. The van der Waals surface area contributed by atoms with Gasteiger partial charge in [0.15, 0.2) is 0 Å². The van der Waals surface area contributed by atoms with Crippen LogP contribution in [0, 0.1) is 0 Å². The fraction of sp³-hybridized carbons (Fsp3) is 0.385. The summed E-state index contributed by atoms with van der Waals surface area (Å²) < 4.78 is 27.8. The van der Waals surface area contributed by atoms with Crippen LogP contribution in [0.5, 0.6) is 0 Å². The Balaban J connectivity index is 1.43. The van der Waals surface area contributed by atoms with Crippen LogP contribution in [-0.4, -0.2) is 104 Å². The van der Waals surface area contributed by atoms with Crippen LogP contribution in [0.25, 0.3) is 11.3 Å². The highest BCUT2D eigenvalue weighted by Crippen LogP contribution is 2.24. The van der Waals surface area contributed by atoms with E-state index in [2.05, 4.69) is 30.5 Å². The molecule has 0 aliphatic carbocycles. The van der Waals surface area contributed by atoms with Crippen molar-refractivity contribution in [3.63, 3.8) is 0 Å². The number of anilines is 3. The zero-order valence-electron chi connectivity index (χ0n) is 22.1. The van der Waals surface area contributed by atoms with Gasteiger partial charge in [0.25, 0.3) is 0 Å². The predicted molar refractivity (Wildman–Crippen MR) is 150 cm³/mol. The van der Waals surface area contributed by atoms with Crippen LogP contribution in [0.3, 0.4) is 0 Å². The van der Waals surface area contributed by atoms with Crippen molar-refractivity contribution in [3.8, 4) is 11.3 Å². The first-order valence-electron chi connectivity index (χ1n) is 12.7. The number of aliphatic carboxylic acids is 1. The van der Waals surface area contributed by atoms with Crippen molar-refractivity contribution < 1.29 is 18.3 Å². The van der Waals surface area contributed by atoms with Crippen molar-refractivity contribution in [3.05, 3.63) is 54.9 Å². The molecule has 1 aliphatic heterocycles. The number of pyridine rings is 1. The summed E-state index contributed by atoms with van der Waals surface area (Å²) in [7, 11) is 0.213. The monoisotopic (exact) mass is 554 g/mol. The number of piperazine rings is 1. The van der Waals surface area contributed by atoms with Gasteiger partial charge in [-0.05, 0) is 56.4 Å². The minimum atomic E-state index is -3.74. The minimum Gasteiger partial charge on any atom is -0.480 e. The lowest BCUT2D eigenvalue weighted by Crippen LogP contribution is -2.49. The minimum absolute atomic E-state index is 0.0967. The number of carboxylic acid groups (broad SMARTS) is 1. The molecule has 3 heterocycles. The number of aromatic nitrogens is 3. The van der Waals surface area contributed by atoms with E-state index in [1.807, 2.05) is 26.2 Å². The number of rotatable bonds is 12. The molecule has 0 radical (unpaired) electrons. The maximum absolute atomic E-state index is 13.2. The summed E-state index contributed by atoms with van der Waals surface area (Å²) in [5.41, 5.74) is 2.06. The van der Waals surface area contributed by atoms with Gasteiger partial charge in [-0.3, -0.25) is 9.69 Å². The van der Waals surface area contributed by atoms with E-state index in [4.69, 9.17) is 5.11 Å².